The molecule has 0 aliphatic rings. The van der Waals surface area contributed by atoms with Crippen LogP contribution in [0.15, 0.2) is 12.3 Å². The summed E-state index contributed by atoms with van der Waals surface area (Å²) in [4.78, 5) is 11.9. The lowest BCUT2D eigenvalue weighted by Gasteiger charge is -2.17. The van der Waals surface area contributed by atoms with E-state index in [2.05, 4.69) is 12.0 Å². The molecule has 0 radical (unpaired) electrons. The lowest BCUT2D eigenvalue weighted by atomic mass is 9.97. The molecule has 1 aromatic heterocycles. The number of hydrogen-bond donors (Lipinski definition) is 1. The van der Waals surface area contributed by atoms with Crippen LogP contribution in [0.2, 0.25) is 0 Å². The molecule has 0 aromatic carbocycles. The number of Topliss-reactive ketones (excluding diaryl/α,β-unsaturated/α-hetero) is 1. The van der Waals surface area contributed by atoms with Crippen molar-refractivity contribution in [1.82, 2.24) is 9.78 Å². The monoisotopic (exact) mass is 223 g/mol. The molecular weight excluding hydrogens is 202 g/mol. The highest BCUT2D eigenvalue weighted by Gasteiger charge is 2.16. The maximum absolute atomic E-state index is 11.9. The standard InChI is InChI=1S/C12H21N3O/c1-4-9-15-10(6-8-14-15)11(16)5-7-12(2,3)13/h6,8H,4-5,7,9,13H2,1-3H3. The molecule has 4 heteroatoms. The van der Waals surface area contributed by atoms with Crippen LogP contribution in [0.3, 0.4) is 0 Å². The van der Waals surface area contributed by atoms with E-state index in [0.29, 0.717) is 18.5 Å². The molecule has 1 aromatic rings. The zero-order valence-electron chi connectivity index (χ0n) is 10.4. The highest BCUT2D eigenvalue weighted by atomic mass is 16.1. The van der Waals surface area contributed by atoms with Crippen molar-refractivity contribution in [2.75, 3.05) is 0 Å². The summed E-state index contributed by atoms with van der Waals surface area (Å²) >= 11 is 0. The van der Waals surface area contributed by atoms with E-state index in [1.54, 1.807) is 16.9 Å². The van der Waals surface area contributed by atoms with Gasteiger partial charge in [-0.25, -0.2) is 0 Å². The summed E-state index contributed by atoms with van der Waals surface area (Å²) in [6.45, 7) is 6.73. The molecule has 0 unspecified atom stereocenters. The summed E-state index contributed by atoms with van der Waals surface area (Å²) in [6, 6.07) is 1.78. The quantitative estimate of drug-likeness (QED) is 0.750. The van der Waals surface area contributed by atoms with E-state index in [0.717, 1.165) is 13.0 Å². The lowest BCUT2D eigenvalue weighted by molar-refractivity contribution is 0.0962. The lowest BCUT2D eigenvalue weighted by Crippen LogP contribution is -2.32. The Kier molecular flexibility index (Phi) is 4.24. The minimum Gasteiger partial charge on any atom is -0.326 e. The Morgan fingerprint density at radius 3 is 2.81 bits per heavy atom. The molecule has 4 nitrogen and oxygen atoms in total. The van der Waals surface area contributed by atoms with Crippen LogP contribution >= 0.6 is 0 Å². The van der Waals surface area contributed by atoms with E-state index < -0.39 is 0 Å². The zero-order chi connectivity index (χ0) is 12.2. The number of carbonyl (C=O) groups excluding carboxylic acids is 1. The maximum Gasteiger partial charge on any atom is 0.180 e. The van der Waals surface area contributed by atoms with E-state index in [1.165, 1.54) is 0 Å². The Bertz CT molecular complexity index is 349. The second-order valence-corrected chi connectivity index (χ2v) is 4.85. The molecule has 1 rings (SSSR count). The van der Waals surface area contributed by atoms with Gasteiger partial charge in [-0.1, -0.05) is 6.92 Å². The van der Waals surface area contributed by atoms with Crippen molar-refractivity contribution in [3.05, 3.63) is 18.0 Å². The molecule has 0 aliphatic heterocycles. The van der Waals surface area contributed by atoms with Gasteiger partial charge in [-0.3, -0.25) is 9.48 Å². The van der Waals surface area contributed by atoms with Crippen LogP contribution in [0.5, 0.6) is 0 Å². The predicted octanol–water partition coefficient (Wildman–Crippen LogP) is 1.99. The van der Waals surface area contributed by atoms with Crippen LogP contribution in [-0.2, 0) is 6.54 Å². The molecule has 2 N–H and O–H groups in total. The fourth-order valence-corrected chi connectivity index (χ4v) is 1.52. The summed E-state index contributed by atoms with van der Waals surface area (Å²) in [5.41, 5.74) is 6.27. The van der Waals surface area contributed by atoms with Gasteiger partial charge in [-0.05, 0) is 32.8 Å². The van der Waals surface area contributed by atoms with Crippen LogP contribution in [-0.4, -0.2) is 21.1 Å². The van der Waals surface area contributed by atoms with Crippen LogP contribution in [0.1, 0.15) is 50.5 Å². The number of hydrogen-bond acceptors (Lipinski definition) is 3. The first-order chi connectivity index (χ1) is 7.44. The van der Waals surface area contributed by atoms with Crippen molar-refractivity contribution in [2.45, 2.75) is 52.1 Å². The fraction of sp³-hybridized carbons (Fsp3) is 0.667. The normalized spacial score (nSPS) is 11.8. The number of ketones is 1. The number of nitrogens with zero attached hydrogens (tertiary/aromatic N) is 2. The topological polar surface area (TPSA) is 60.9 Å². The van der Waals surface area contributed by atoms with Gasteiger partial charge in [0.05, 0.1) is 0 Å². The van der Waals surface area contributed by atoms with Crippen LogP contribution in [0.4, 0.5) is 0 Å². The number of nitrogens with two attached hydrogens (primary N) is 1. The Morgan fingerprint density at radius 1 is 1.56 bits per heavy atom. The van der Waals surface area contributed by atoms with E-state index in [4.69, 9.17) is 5.73 Å². The first-order valence-corrected chi connectivity index (χ1v) is 5.78. The van der Waals surface area contributed by atoms with Gasteiger partial charge >= 0.3 is 0 Å². The molecule has 0 bridgehead atoms. The van der Waals surface area contributed by atoms with E-state index in [-0.39, 0.29) is 11.3 Å². The summed E-state index contributed by atoms with van der Waals surface area (Å²) in [5, 5.41) is 4.14. The van der Waals surface area contributed by atoms with Gasteiger partial charge in [0.25, 0.3) is 0 Å². The summed E-state index contributed by atoms with van der Waals surface area (Å²) in [7, 11) is 0. The minimum absolute atomic E-state index is 0.129. The summed E-state index contributed by atoms with van der Waals surface area (Å²) in [6.07, 6.45) is 3.84. The minimum atomic E-state index is -0.286. The van der Waals surface area contributed by atoms with Gasteiger partial charge in [0.15, 0.2) is 5.78 Å². The van der Waals surface area contributed by atoms with Crippen molar-refractivity contribution >= 4 is 5.78 Å². The van der Waals surface area contributed by atoms with Crippen molar-refractivity contribution in [3.8, 4) is 0 Å². The third-order valence-corrected chi connectivity index (χ3v) is 2.43. The van der Waals surface area contributed by atoms with Crippen LogP contribution < -0.4 is 5.73 Å². The van der Waals surface area contributed by atoms with Gasteiger partial charge < -0.3 is 5.73 Å². The number of aryl methyl sites for hydroxylation is 1. The Balaban J connectivity index is 2.62. The molecule has 1 heterocycles. The summed E-state index contributed by atoms with van der Waals surface area (Å²) < 4.78 is 1.77. The fourth-order valence-electron chi connectivity index (χ4n) is 1.52. The van der Waals surface area contributed by atoms with Gasteiger partial charge in [-0.15, -0.1) is 0 Å². The van der Waals surface area contributed by atoms with E-state index in [9.17, 15) is 4.79 Å². The van der Waals surface area contributed by atoms with Gasteiger partial charge in [0.2, 0.25) is 0 Å². The van der Waals surface area contributed by atoms with Crippen molar-refractivity contribution in [2.24, 2.45) is 5.73 Å². The SMILES string of the molecule is CCCn1nccc1C(=O)CCC(C)(C)N. The number of aromatic nitrogens is 2. The maximum atomic E-state index is 11.9. The van der Waals surface area contributed by atoms with Crippen molar-refractivity contribution < 1.29 is 4.79 Å². The molecule has 0 aliphatic carbocycles. The second-order valence-electron chi connectivity index (χ2n) is 4.85. The summed E-state index contributed by atoms with van der Waals surface area (Å²) in [5.74, 6) is 0.129. The average Bonchev–Trinajstić information content (AvgIpc) is 2.62. The molecule has 0 fully saturated rings. The smallest absolute Gasteiger partial charge is 0.180 e. The third-order valence-electron chi connectivity index (χ3n) is 2.43. The average molecular weight is 223 g/mol. The molecule has 0 spiro atoms. The molecule has 0 saturated heterocycles. The highest BCUT2D eigenvalue weighted by Crippen LogP contribution is 2.12. The second kappa shape index (κ2) is 5.25. The molecule has 90 valence electrons. The predicted molar refractivity (Wildman–Crippen MR) is 64.3 cm³/mol. The largest absolute Gasteiger partial charge is 0.326 e. The number of carbonyl (C=O) groups is 1. The van der Waals surface area contributed by atoms with Crippen LogP contribution in [0.25, 0.3) is 0 Å². The Hall–Kier alpha value is -1.16. The first kappa shape index (κ1) is 12.9. The molecule has 0 atom stereocenters. The Morgan fingerprint density at radius 2 is 2.25 bits per heavy atom. The molecule has 0 amide bonds. The van der Waals surface area contributed by atoms with Gasteiger partial charge in [0, 0.05) is 24.7 Å². The molecular formula is C12H21N3O. The highest BCUT2D eigenvalue weighted by molar-refractivity contribution is 5.94. The van der Waals surface area contributed by atoms with Gasteiger partial charge in [0.1, 0.15) is 5.69 Å². The van der Waals surface area contributed by atoms with E-state index >= 15 is 0 Å². The molecule has 0 saturated carbocycles. The number of rotatable bonds is 6. The molecule has 16 heavy (non-hydrogen) atoms. The Labute approximate surface area is 96.8 Å². The van der Waals surface area contributed by atoms with Gasteiger partial charge in [-0.2, -0.15) is 5.10 Å². The van der Waals surface area contributed by atoms with Crippen molar-refractivity contribution in [3.63, 3.8) is 0 Å². The zero-order valence-corrected chi connectivity index (χ0v) is 10.4. The van der Waals surface area contributed by atoms with Crippen LogP contribution in [0, 0.1) is 0 Å². The van der Waals surface area contributed by atoms with E-state index in [1.807, 2.05) is 13.8 Å². The first-order valence-electron chi connectivity index (χ1n) is 5.78. The third kappa shape index (κ3) is 3.77. The van der Waals surface area contributed by atoms with Crippen molar-refractivity contribution in [1.29, 1.82) is 0 Å².